The van der Waals surface area contributed by atoms with Crippen LogP contribution in [0.2, 0.25) is 0 Å². The van der Waals surface area contributed by atoms with E-state index in [-0.39, 0.29) is 6.17 Å². The SMILES string of the molecule is COc1ccc(C2NN(c3ccccc3)N(c3ccccc3)N2)cc1. The number of rotatable bonds is 4. The van der Waals surface area contributed by atoms with Crippen LogP contribution in [0, 0.1) is 0 Å². The number of nitrogens with one attached hydrogen (secondary N) is 2. The highest BCUT2D eigenvalue weighted by molar-refractivity contribution is 5.57. The number of ether oxygens (including phenoxy) is 1. The first-order valence-electron chi connectivity index (χ1n) is 8.22. The fraction of sp³-hybridized carbons (Fsp3) is 0.100. The molecule has 1 saturated heterocycles. The molecule has 1 aliphatic rings. The molecule has 126 valence electrons. The van der Waals surface area contributed by atoms with Crippen molar-refractivity contribution < 1.29 is 4.74 Å². The van der Waals surface area contributed by atoms with Crippen molar-refractivity contribution in [2.24, 2.45) is 0 Å². The van der Waals surface area contributed by atoms with Crippen LogP contribution >= 0.6 is 0 Å². The number of hydrogen-bond donors (Lipinski definition) is 2. The van der Waals surface area contributed by atoms with Gasteiger partial charge in [-0.3, -0.25) is 0 Å². The Morgan fingerprint density at radius 2 is 1.16 bits per heavy atom. The van der Waals surface area contributed by atoms with E-state index in [2.05, 4.69) is 47.2 Å². The van der Waals surface area contributed by atoms with Crippen molar-refractivity contribution in [2.45, 2.75) is 6.17 Å². The van der Waals surface area contributed by atoms with Crippen LogP contribution in [0.1, 0.15) is 11.7 Å². The average Bonchev–Trinajstić information content (AvgIpc) is 3.15. The van der Waals surface area contributed by atoms with E-state index >= 15 is 0 Å². The quantitative estimate of drug-likeness (QED) is 0.763. The first kappa shape index (κ1) is 15.5. The number of methoxy groups -OCH3 is 1. The summed E-state index contributed by atoms with van der Waals surface area (Å²) < 4.78 is 5.25. The minimum Gasteiger partial charge on any atom is -0.497 e. The summed E-state index contributed by atoms with van der Waals surface area (Å²) in [6.45, 7) is 0. The molecule has 0 saturated carbocycles. The van der Waals surface area contributed by atoms with Gasteiger partial charge in [0.05, 0.1) is 18.5 Å². The largest absolute Gasteiger partial charge is 0.497 e. The Bertz CT molecular complexity index is 761. The van der Waals surface area contributed by atoms with Crippen LogP contribution in [0.15, 0.2) is 84.9 Å². The van der Waals surface area contributed by atoms with E-state index in [4.69, 9.17) is 4.74 Å². The highest BCUT2D eigenvalue weighted by Gasteiger charge is 2.30. The van der Waals surface area contributed by atoms with Gasteiger partial charge < -0.3 is 4.74 Å². The van der Waals surface area contributed by atoms with Gasteiger partial charge in [0.15, 0.2) is 0 Å². The van der Waals surface area contributed by atoms with E-state index in [0.717, 1.165) is 22.7 Å². The molecule has 25 heavy (non-hydrogen) atoms. The summed E-state index contributed by atoms with van der Waals surface area (Å²) in [5.41, 5.74) is 10.3. The minimum atomic E-state index is -0.0497. The number of hydrazine groups is 3. The van der Waals surface area contributed by atoms with E-state index in [1.54, 1.807) is 7.11 Å². The maximum atomic E-state index is 5.25. The van der Waals surface area contributed by atoms with Gasteiger partial charge in [-0.05, 0) is 42.0 Å². The predicted octanol–water partition coefficient (Wildman–Crippen LogP) is 3.64. The van der Waals surface area contributed by atoms with Gasteiger partial charge in [0.1, 0.15) is 11.9 Å². The van der Waals surface area contributed by atoms with Gasteiger partial charge in [0.2, 0.25) is 0 Å². The van der Waals surface area contributed by atoms with Crippen molar-refractivity contribution >= 4 is 11.4 Å². The summed E-state index contributed by atoms with van der Waals surface area (Å²) in [5, 5.41) is 4.04. The summed E-state index contributed by atoms with van der Waals surface area (Å²) in [6.07, 6.45) is -0.0497. The van der Waals surface area contributed by atoms with Crippen molar-refractivity contribution in [3.05, 3.63) is 90.5 Å². The second-order valence-corrected chi connectivity index (χ2v) is 5.76. The van der Waals surface area contributed by atoms with Gasteiger partial charge >= 0.3 is 0 Å². The second-order valence-electron chi connectivity index (χ2n) is 5.76. The third kappa shape index (κ3) is 3.15. The third-order valence-electron chi connectivity index (χ3n) is 4.15. The molecule has 3 aromatic carbocycles. The van der Waals surface area contributed by atoms with Crippen LogP contribution in [-0.4, -0.2) is 7.11 Å². The number of benzene rings is 3. The van der Waals surface area contributed by atoms with E-state index in [0.29, 0.717) is 0 Å². The monoisotopic (exact) mass is 332 g/mol. The van der Waals surface area contributed by atoms with Crippen LogP contribution in [0.5, 0.6) is 5.75 Å². The molecule has 0 unspecified atom stereocenters. The molecule has 0 bridgehead atoms. The zero-order chi connectivity index (χ0) is 17.1. The molecular weight excluding hydrogens is 312 g/mol. The van der Waals surface area contributed by atoms with Gasteiger partial charge in [0, 0.05) is 0 Å². The Kier molecular flexibility index (Phi) is 4.24. The highest BCUT2D eigenvalue weighted by atomic mass is 16.5. The maximum Gasteiger partial charge on any atom is 0.122 e. The molecule has 0 spiro atoms. The Morgan fingerprint density at radius 1 is 0.680 bits per heavy atom. The van der Waals surface area contributed by atoms with E-state index in [1.807, 2.05) is 58.8 Å². The molecule has 0 atom stereocenters. The third-order valence-corrected chi connectivity index (χ3v) is 4.15. The Hall–Kier alpha value is -3.02. The first-order chi connectivity index (χ1) is 12.3. The molecule has 0 aromatic heterocycles. The van der Waals surface area contributed by atoms with Crippen molar-refractivity contribution in [3.63, 3.8) is 0 Å². The van der Waals surface area contributed by atoms with Gasteiger partial charge in [-0.2, -0.15) is 10.9 Å². The van der Waals surface area contributed by atoms with Crippen molar-refractivity contribution in [2.75, 3.05) is 17.3 Å². The summed E-state index contributed by atoms with van der Waals surface area (Å²) in [7, 11) is 1.68. The van der Waals surface area contributed by atoms with Gasteiger partial charge in [-0.1, -0.05) is 48.5 Å². The van der Waals surface area contributed by atoms with Gasteiger partial charge in [-0.15, -0.1) is 0 Å². The van der Waals surface area contributed by atoms with Crippen LogP contribution in [0.3, 0.4) is 0 Å². The summed E-state index contributed by atoms with van der Waals surface area (Å²) in [4.78, 5) is 0. The Balaban J connectivity index is 1.66. The maximum absolute atomic E-state index is 5.25. The lowest BCUT2D eigenvalue weighted by Crippen LogP contribution is -2.45. The molecule has 2 N–H and O–H groups in total. The number of anilines is 2. The normalized spacial score (nSPS) is 14.8. The van der Waals surface area contributed by atoms with Crippen LogP contribution in [0.25, 0.3) is 0 Å². The zero-order valence-electron chi connectivity index (χ0n) is 14.0. The fourth-order valence-electron chi connectivity index (χ4n) is 2.85. The van der Waals surface area contributed by atoms with Gasteiger partial charge in [0.25, 0.3) is 0 Å². The van der Waals surface area contributed by atoms with Crippen molar-refractivity contribution in [1.29, 1.82) is 0 Å². The Labute approximate surface area is 147 Å². The van der Waals surface area contributed by atoms with Crippen LogP contribution in [0.4, 0.5) is 11.4 Å². The summed E-state index contributed by atoms with van der Waals surface area (Å²) in [5.74, 6) is 0.849. The number of para-hydroxylation sites is 2. The van der Waals surface area contributed by atoms with Crippen molar-refractivity contribution in [3.8, 4) is 5.75 Å². The molecule has 5 heteroatoms. The fourth-order valence-corrected chi connectivity index (χ4v) is 2.85. The van der Waals surface area contributed by atoms with E-state index in [9.17, 15) is 0 Å². The molecule has 1 fully saturated rings. The van der Waals surface area contributed by atoms with Crippen molar-refractivity contribution in [1.82, 2.24) is 10.9 Å². The van der Waals surface area contributed by atoms with Crippen LogP contribution < -0.4 is 25.8 Å². The molecule has 1 aliphatic heterocycles. The lowest BCUT2D eigenvalue weighted by molar-refractivity contribution is 0.414. The molecule has 3 aromatic rings. The van der Waals surface area contributed by atoms with Crippen LogP contribution in [-0.2, 0) is 0 Å². The topological polar surface area (TPSA) is 39.8 Å². The molecule has 5 nitrogen and oxygen atoms in total. The molecule has 1 heterocycles. The zero-order valence-corrected chi connectivity index (χ0v) is 14.0. The minimum absolute atomic E-state index is 0.0497. The highest BCUT2D eigenvalue weighted by Crippen LogP contribution is 2.27. The molecule has 0 aliphatic carbocycles. The predicted molar refractivity (Wildman–Crippen MR) is 99.8 cm³/mol. The number of hydrogen-bond acceptors (Lipinski definition) is 5. The molecule has 4 rings (SSSR count). The number of nitrogens with zero attached hydrogens (tertiary/aromatic N) is 2. The van der Waals surface area contributed by atoms with Gasteiger partial charge in [-0.25, -0.2) is 10.2 Å². The molecule has 0 radical (unpaired) electrons. The smallest absolute Gasteiger partial charge is 0.122 e. The lowest BCUT2D eigenvalue weighted by atomic mass is 10.2. The summed E-state index contributed by atoms with van der Waals surface area (Å²) >= 11 is 0. The summed E-state index contributed by atoms with van der Waals surface area (Å²) in [6, 6.07) is 28.5. The Morgan fingerprint density at radius 3 is 1.60 bits per heavy atom. The average molecular weight is 332 g/mol. The van der Waals surface area contributed by atoms with E-state index < -0.39 is 0 Å². The molecular formula is C20H20N4O. The second kappa shape index (κ2) is 6.84. The lowest BCUT2D eigenvalue weighted by Gasteiger charge is -2.29. The van der Waals surface area contributed by atoms with E-state index in [1.165, 1.54) is 0 Å². The first-order valence-corrected chi connectivity index (χ1v) is 8.22. The molecule has 0 amide bonds. The standard InChI is InChI=1S/C20H20N4O/c1-25-19-14-12-16(13-15-19)20-21-23(17-8-4-2-5-9-17)24(22-20)18-10-6-3-7-11-18/h2-15,20-22H,1H3.